The van der Waals surface area contributed by atoms with Gasteiger partial charge in [0.1, 0.15) is 0 Å². The summed E-state index contributed by atoms with van der Waals surface area (Å²) in [4.78, 5) is 11.8. The van der Waals surface area contributed by atoms with E-state index in [-0.39, 0.29) is 10.8 Å². The highest BCUT2D eigenvalue weighted by Crippen LogP contribution is 2.71. The Morgan fingerprint density at radius 2 is 2.00 bits per heavy atom. The number of rotatable bonds is 1. The highest BCUT2D eigenvalue weighted by molar-refractivity contribution is 5.91. The fourth-order valence-electron chi connectivity index (χ4n) is 7.39. The van der Waals surface area contributed by atoms with Crippen LogP contribution in [0, 0.1) is 28.6 Å². The van der Waals surface area contributed by atoms with Crippen molar-refractivity contribution < 1.29 is 9.90 Å². The number of hydrogen-bond acceptors (Lipinski definition) is 2. The van der Waals surface area contributed by atoms with Gasteiger partial charge in [0.2, 0.25) is 0 Å². The highest BCUT2D eigenvalue weighted by Gasteiger charge is 2.66. The van der Waals surface area contributed by atoms with E-state index in [0.29, 0.717) is 23.5 Å². The molecule has 1 N–H and O–H groups in total. The normalized spacial score (nSPS) is 50.8. The third kappa shape index (κ3) is 1.84. The summed E-state index contributed by atoms with van der Waals surface area (Å²) in [7, 11) is 0. The van der Waals surface area contributed by atoms with Crippen LogP contribution in [0.5, 0.6) is 0 Å². The van der Waals surface area contributed by atoms with Crippen LogP contribution in [0.2, 0.25) is 0 Å². The van der Waals surface area contributed by atoms with Crippen molar-refractivity contribution >= 4 is 5.78 Å². The lowest BCUT2D eigenvalue weighted by Gasteiger charge is -2.61. The molecule has 0 radical (unpaired) electrons. The molecule has 0 aliphatic heterocycles. The number of aliphatic hydroxyl groups is 1. The molecule has 1 unspecified atom stereocenters. The van der Waals surface area contributed by atoms with Crippen molar-refractivity contribution in [2.45, 2.75) is 77.7 Å². The molecule has 6 atom stereocenters. The first kappa shape index (κ1) is 16.6. The molecule has 4 rings (SSSR count). The topological polar surface area (TPSA) is 37.3 Å². The van der Waals surface area contributed by atoms with Crippen molar-refractivity contribution in [3.8, 4) is 0 Å². The number of ketones is 1. The molecule has 4 aliphatic carbocycles. The van der Waals surface area contributed by atoms with Crippen LogP contribution in [-0.2, 0) is 4.79 Å². The first-order valence-corrected chi connectivity index (χ1v) is 9.90. The summed E-state index contributed by atoms with van der Waals surface area (Å²) in [6.07, 6.45) is 10.0. The molecule has 3 fully saturated rings. The van der Waals surface area contributed by atoms with Crippen molar-refractivity contribution in [3.05, 3.63) is 23.8 Å². The summed E-state index contributed by atoms with van der Waals surface area (Å²) < 4.78 is 0. The Hall–Kier alpha value is -0.890. The van der Waals surface area contributed by atoms with E-state index in [9.17, 15) is 9.90 Å². The van der Waals surface area contributed by atoms with Gasteiger partial charge in [-0.1, -0.05) is 32.9 Å². The second kappa shape index (κ2) is 5.06. The molecular weight excluding hydrogens is 296 g/mol. The maximum Gasteiger partial charge on any atom is 0.155 e. The number of hydrogen-bond donors (Lipinski definition) is 1. The SMILES string of the molecule is C=C1C[C@H]2C3(C)CCC4=CC(=O)CC[C@@H]4[C@H]3CC[C@]2(C)[C@@]1(O)CC. The second-order valence-electron chi connectivity index (χ2n) is 9.47. The van der Waals surface area contributed by atoms with E-state index in [1.165, 1.54) is 18.4 Å². The van der Waals surface area contributed by atoms with Crippen LogP contribution >= 0.6 is 0 Å². The number of carbonyl (C=O) groups excluding carboxylic acids is 1. The van der Waals surface area contributed by atoms with Crippen molar-refractivity contribution in [1.29, 1.82) is 0 Å². The summed E-state index contributed by atoms with van der Waals surface area (Å²) in [6, 6.07) is 0. The summed E-state index contributed by atoms with van der Waals surface area (Å²) in [5.41, 5.74) is 2.05. The van der Waals surface area contributed by atoms with Crippen LogP contribution in [0.15, 0.2) is 23.8 Å². The van der Waals surface area contributed by atoms with E-state index in [0.717, 1.165) is 44.1 Å². The molecule has 4 aliphatic rings. The molecule has 24 heavy (non-hydrogen) atoms. The maximum absolute atomic E-state index is 11.8. The van der Waals surface area contributed by atoms with Gasteiger partial charge in [-0.2, -0.15) is 0 Å². The average Bonchev–Trinajstić information content (AvgIpc) is 2.76. The minimum Gasteiger partial charge on any atom is -0.385 e. The quantitative estimate of drug-likeness (QED) is 0.700. The Balaban J connectivity index is 1.74. The largest absolute Gasteiger partial charge is 0.385 e. The lowest BCUT2D eigenvalue weighted by atomic mass is 9.44. The van der Waals surface area contributed by atoms with Crippen molar-refractivity contribution in [3.63, 3.8) is 0 Å². The average molecular weight is 328 g/mol. The van der Waals surface area contributed by atoms with E-state index in [4.69, 9.17) is 0 Å². The van der Waals surface area contributed by atoms with E-state index >= 15 is 0 Å². The Bertz CT molecular complexity index is 632. The van der Waals surface area contributed by atoms with Crippen LogP contribution in [0.25, 0.3) is 0 Å². The smallest absolute Gasteiger partial charge is 0.155 e. The predicted molar refractivity (Wildman–Crippen MR) is 96.5 cm³/mol. The monoisotopic (exact) mass is 328 g/mol. The third-order valence-electron chi connectivity index (χ3n) is 8.84. The molecule has 2 nitrogen and oxygen atoms in total. The Labute approximate surface area is 146 Å². The zero-order valence-corrected chi connectivity index (χ0v) is 15.5. The van der Waals surface area contributed by atoms with Gasteiger partial charge in [-0.05, 0) is 79.8 Å². The van der Waals surface area contributed by atoms with Gasteiger partial charge in [0.25, 0.3) is 0 Å². The summed E-state index contributed by atoms with van der Waals surface area (Å²) in [5, 5.41) is 11.4. The van der Waals surface area contributed by atoms with Crippen molar-refractivity contribution in [2.75, 3.05) is 0 Å². The van der Waals surface area contributed by atoms with Crippen LogP contribution in [0.1, 0.15) is 72.1 Å². The molecule has 0 aromatic rings. The van der Waals surface area contributed by atoms with Gasteiger partial charge in [-0.15, -0.1) is 0 Å². The van der Waals surface area contributed by atoms with Crippen molar-refractivity contribution in [1.82, 2.24) is 0 Å². The predicted octanol–water partition coefficient (Wildman–Crippen LogP) is 4.83. The van der Waals surface area contributed by atoms with Gasteiger partial charge < -0.3 is 5.11 Å². The van der Waals surface area contributed by atoms with Gasteiger partial charge in [0.05, 0.1) is 5.60 Å². The summed E-state index contributed by atoms with van der Waals surface area (Å²) in [6.45, 7) is 11.2. The zero-order chi connectivity index (χ0) is 17.3. The Kier molecular flexibility index (Phi) is 3.50. The van der Waals surface area contributed by atoms with E-state index in [2.05, 4.69) is 27.4 Å². The number of fused-ring (bicyclic) bond motifs is 5. The standard InChI is InChI=1S/C22H32O2/c1-5-22(24)14(2)12-19-20(3)10-8-15-13-16(23)6-7-17(15)18(20)9-11-21(19,22)4/h13,17-19,24H,2,5-12H2,1,3-4H3/t17-,18+,19-,20?,21-,22+/m0/s1. The lowest BCUT2D eigenvalue weighted by molar-refractivity contribution is -0.144. The maximum atomic E-state index is 11.8. The zero-order valence-electron chi connectivity index (χ0n) is 15.5. The van der Waals surface area contributed by atoms with E-state index in [1.54, 1.807) is 0 Å². The van der Waals surface area contributed by atoms with Crippen LogP contribution < -0.4 is 0 Å². The molecule has 0 aromatic heterocycles. The molecule has 0 aromatic carbocycles. The van der Waals surface area contributed by atoms with Gasteiger partial charge in [0.15, 0.2) is 5.78 Å². The van der Waals surface area contributed by atoms with Gasteiger partial charge >= 0.3 is 0 Å². The molecule has 0 saturated heterocycles. The fraction of sp³-hybridized carbons (Fsp3) is 0.773. The Morgan fingerprint density at radius 3 is 2.71 bits per heavy atom. The first-order valence-electron chi connectivity index (χ1n) is 9.90. The van der Waals surface area contributed by atoms with Crippen LogP contribution in [0.3, 0.4) is 0 Å². The molecule has 2 heteroatoms. The van der Waals surface area contributed by atoms with Gasteiger partial charge in [-0.25, -0.2) is 0 Å². The molecule has 132 valence electrons. The Morgan fingerprint density at radius 1 is 1.25 bits per heavy atom. The molecule has 0 heterocycles. The van der Waals surface area contributed by atoms with Crippen LogP contribution in [-0.4, -0.2) is 16.5 Å². The molecular formula is C22H32O2. The third-order valence-corrected chi connectivity index (χ3v) is 8.84. The summed E-state index contributed by atoms with van der Waals surface area (Å²) >= 11 is 0. The minimum atomic E-state index is -0.690. The highest BCUT2D eigenvalue weighted by atomic mass is 16.3. The molecule has 0 bridgehead atoms. The molecule has 3 saturated carbocycles. The number of allylic oxidation sites excluding steroid dienone is 1. The molecule has 0 spiro atoms. The fourth-order valence-corrected chi connectivity index (χ4v) is 7.39. The van der Waals surface area contributed by atoms with Crippen LogP contribution in [0.4, 0.5) is 0 Å². The van der Waals surface area contributed by atoms with Gasteiger partial charge in [0, 0.05) is 11.8 Å². The number of carbonyl (C=O) groups is 1. The van der Waals surface area contributed by atoms with Gasteiger partial charge in [-0.3, -0.25) is 4.79 Å². The summed E-state index contributed by atoms with van der Waals surface area (Å²) in [5.74, 6) is 2.14. The van der Waals surface area contributed by atoms with E-state index in [1.807, 2.05) is 6.08 Å². The lowest BCUT2D eigenvalue weighted by Crippen LogP contribution is -2.57. The first-order chi connectivity index (χ1) is 11.3. The van der Waals surface area contributed by atoms with E-state index < -0.39 is 5.60 Å². The second-order valence-corrected chi connectivity index (χ2v) is 9.47. The molecule has 0 amide bonds. The van der Waals surface area contributed by atoms with Crippen molar-refractivity contribution in [2.24, 2.45) is 28.6 Å². The minimum absolute atomic E-state index is 0.0320.